The molecule has 3 saturated carbocycles. The SMILES string of the molecule is C[C@@H]1CC2=C(Cc3ccccc32)[C@@H](c2ccc(OC3CN(CCCF)C3)cc2)N1C12CC(C1)C2. The molecule has 0 N–H and O–H groups in total. The lowest BCUT2D eigenvalue weighted by Gasteiger charge is -2.70. The molecule has 4 fully saturated rings. The van der Waals surface area contributed by atoms with Crippen LogP contribution in [0, 0.1) is 5.92 Å². The lowest BCUT2D eigenvalue weighted by molar-refractivity contribution is -0.173. The fourth-order valence-corrected chi connectivity index (χ4v) is 7.61. The Balaban J connectivity index is 1.15. The van der Waals surface area contributed by atoms with E-state index in [1.807, 2.05) is 0 Å². The van der Waals surface area contributed by atoms with Gasteiger partial charge in [-0.2, -0.15) is 0 Å². The van der Waals surface area contributed by atoms with E-state index in [0.29, 0.717) is 24.0 Å². The molecule has 0 radical (unpaired) electrons. The standard InChI is InChI=1S/C30H35FN2O/c1-20-13-27-26-6-3-2-5-23(26)14-28(27)29(33(20)30-15-21(16-30)17-30)22-7-9-24(10-8-22)34-25-18-32(19-25)12-4-11-31/h2-3,5-10,20-21,25,29H,4,11-19H2,1H3/t20-,21?,29-,30?/m1/s1. The summed E-state index contributed by atoms with van der Waals surface area (Å²) in [6.45, 7) is 4.89. The number of fused-ring (bicyclic) bond motifs is 2. The molecular weight excluding hydrogens is 423 g/mol. The molecule has 2 aromatic carbocycles. The van der Waals surface area contributed by atoms with E-state index in [0.717, 1.165) is 37.7 Å². The molecule has 2 atom stereocenters. The van der Waals surface area contributed by atoms with Crippen molar-refractivity contribution in [3.05, 3.63) is 70.8 Å². The maximum Gasteiger partial charge on any atom is 0.124 e. The van der Waals surface area contributed by atoms with Crippen molar-refractivity contribution in [2.75, 3.05) is 26.3 Å². The van der Waals surface area contributed by atoms with Crippen molar-refractivity contribution in [1.82, 2.24) is 9.80 Å². The van der Waals surface area contributed by atoms with Crippen molar-refractivity contribution < 1.29 is 9.13 Å². The summed E-state index contributed by atoms with van der Waals surface area (Å²) in [6, 6.07) is 19.0. The molecule has 0 spiro atoms. The minimum absolute atomic E-state index is 0.231. The normalized spacial score (nSPS) is 32.5. The fourth-order valence-electron chi connectivity index (χ4n) is 7.61. The summed E-state index contributed by atoms with van der Waals surface area (Å²) >= 11 is 0. The Bertz CT molecular complexity index is 1100. The first-order valence-electron chi connectivity index (χ1n) is 13.3. The summed E-state index contributed by atoms with van der Waals surface area (Å²) < 4.78 is 18.6. The second-order valence-electron chi connectivity index (χ2n) is 11.5. The molecule has 4 heteroatoms. The lowest BCUT2D eigenvalue weighted by Crippen LogP contribution is -2.71. The zero-order valence-corrected chi connectivity index (χ0v) is 20.2. The van der Waals surface area contributed by atoms with Crippen LogP contribution in [0.1, 0.15) is 61.8 Å². The van der Waals surface area contributed by atoms with Gasteiger partial charge in [-0.15, -0.1) is 0 Å². The number of halogens is 1. The van der Waals surface area contributed by atoms with Gasteiger partial charge in [0.2, 0.25) is 0 Å². The number of nitrogens with zero attached hydrogens (tertiary/aromatic N) is 2. The number of benzene rings is 2. The highest BCUT2D eigenvalue weighted by Gasteiger charge is 2.63. The summed E-state index contributed by atoms with van der Waals surface area (Å²) in [5.74, 6) is 1.94. The third-order valence-corrected chi connectivity index (χ3v) is 9.28. The Kier molecular flexibility index (Phi) is 4.93. The average Bonchev–Trinajstić information content (AvgIpc) is 3.12. The highest BCUT2D eigenvalue weighted by molar-refractivity contribution is 5.79. The topological polar surface area (TPSA) is 15.7 Å². The molecule has 8 rings (SSSR count). The van der Waals surface area contributed by atoms with Gasteiger partial charge < -0.3 is 4.74 Å². The molecule has 34 heavy (non-hydrogen) atoms. The number of hydrogen-bond acceptors (Lipinski definition) is 3. The largest absolute Gasteiger partial charge is 0.488 e. The molecule has 3 nitrogen and oxygen atoms in total. The van der Waals surface area contributed by atoms with Crippen LogP contribution in [0.15, 0.2) is 54.1 Å². The molecule has 178 valence electrons. The lowest BCUT2D eigenvalue weighted by atomic mass is 9.48. The monoisotopic (exact) mass is 458 g/mol. The summed E-state index contributed by atoms with van der Waals surface area (Å²) in [7, 11) is 0. The van der Waals surface area contributed by atoms with Crippen LogP contribution in [-0.2, 0) is 6.42 Å². The molecule has 2 aliphatic heterocycles. The first-order valence-corrected chi connectivity index (χ1v) is 13.3. The van der Waals surface area contributed by atoms with Crippen molar-refractivity contribution >= 4 is 5.57 Å². The molecule has 6 aliphatic rings. The second kappa shape index (κ2) is 7.93. The average molecular weight is 459 g/mol. The Labute approximate surface area is 202 Å². The van der Waals surface area contributed by atoms with Crippen molar-refractivity contribution in [1.29, 1.82) is 0 Å². The smallest absolute Gasteiger partial charge is 0.124 e. The summed E-state index contributed by atoms with van der Waals surface area (Å²) in [5.41, 5.74) is 8.10. The van der Waals surface area contributed by atoms with Crippen LogP contribution in [0.4, 0.5) is 4.39 Å². The quantitative estimate of drug-likeness (QED) is 0.521. The summed E-state index contributed by atoms with van der Waals surface area (Å²) in [6.07, 6.45) is 7.31. The number of rotatable bonds is 7. The Morgan fingerprint density at radius 1 is 1.03 bits per heavy atom. The Morgan fingerprint density at radius 2 is 1.79 bits per heavy atom. The second-order valence-corrected chi connectivity index (χ2v) is 11.5. The van der Waals surface area contributed by atoms with Gasteiger partial charge >= 0.3 is 0 Å². The van der Waals surface area contributed by atoms with Gasteiger partial charge in [-0.25, -0.2) is 0 Å². The van der Waals surface area contributed by atoms with Gasteiger partial charge in [0.15, 0.2) is 0 Å². The minimum Gasteiger partial charge on any atom is -0.488 e. The molecule has 2 aromatic rings. The van der Waals surface area contributed by atoms with Gasteiger partial charge in [-0.05, 0) is 91.3 Å². The number of alkyl halides is 1. The molecule has 2 bridgehead atoms. The van der Waals surface area contributed by atoms with Gasteiger partial charge in [0.1, 0.15) is 11.9 Å². The molecule has 4 aliphatic carbocycles. The molecule has 0 amide bonds. The zero-order valence-electron chi connectivity index (χ0n) is 20.2. The molecule has 1 saturated heterocycles. The van der Waals surface area contributed by atoms with Gasteiger partial charge in [0.25, 0.3) is 0 Å². The molecule has 2 heterocycles. The number of likely N-dealkylation sites (tertiary alicyclic amines) is 1. The van der Waals surface area contributed by atoms with E-state index in [1.165, 1.54) is 42.4 Å². The van der Waals surface area contributed by atoms with Crippen molar-refractivity contribution in [3.8, 4) is 5.75 Å². The van der Waals surface area contributed by atoms with E-state index in [1.54, 1.807) is 11.1 Å². The molecular formula is C30H35FN2O. The van der Waals surface area contributed by atoms with Crippen LogP contribution >= 0.6 is 0 Å². The van der Waals surface area contributed by atoms with Gasteiger partial charge in [-0.1, -0.05) is 36.4 Å². The zero-order chi connectivity index (χ0) is 22.9. The Hall–Kier alpha value is -2.17. The van der Waals surface area contributed by atoms with E-state index in [9.17, 15) is 4.39 Å². The van der Waals surface area contributed by atoms with Crippen LogP contribution in [-0.4, -0.2) is 53.8 Å². The molecule has 0 aromatic heterocycles. The number of ether oxygens (including phenoxy) is 1. The molecule has 0 unspecified atom stereocenters. The highest BCUT2D eigenvalue weighted by Crippen LogP contribution is 2.65. The highest BCUT2D eigenvalue weighted by atomic mass is 19.1. The maximum absolute atomic E-state index is 12.4. The van der Waals surface area contributed by atoms with Crippen LogP contribution in [0.3, 0.4) is 0 Å². The summed E-state index contributed by atoms with van der Waals surface area (Å²) in [4.78, 5) is 5.19. The Morgan fingerprint density at radius 3 is 2.50 bits per heavy atom. The van der Waals surface area contributed by atoms with Gasteiger partial charge in [0, 0.05) is 31.2 Å². The van der Waals surface area contributed by atoms with Gasteiger partial charge in [0.05, 0.1) is 12.7 Å². The maximum atomic E-state index is 12.4. The predicted octanol–water partition coefficient (Wildman–Crippen LogP) is 5.81. The van der Waals surface area contributed by atoms with E-state index in [4.69, 9.17) is 4.74 Å². The van der Waals surface area contributed by atoms with E-state index in [2.05, 4.69) is 65.3 Å². The van der Waals surface area contributed by atoms with Crippen LogP contribution in [0.5, 0.6) is 5.75 Å². The van der Waals surface area contributed by atoms with Crippen molar-refractivity contribution in [3.63, 3.8) is 0 Å². The van der Waals surface area contributed by atoms with Crippen LogP contribution < -0.4 is 4.74 Å². The fraction of sp³-hybridized carbons (Fsp3) is 0.533. The van der Waals surface area contributed by atoms with Crippen molar-refractivity contribution in [2.24, 2.45) is 5.92 Å². The minimum atomic E-state index is -0.231. The van der Waals surface area contributed by atoms with E-state index in [-0.39, 0.29) is 12.8 Å². The first-order chi connectivity index (χ1) is 16.6. The third-order valence-electron chi connectivity index (χ3n) is 9.28. The van der Waals surface area contributed by atoms with Crippen molar-refractivity contribution in [2.45, 2.75) is 69.2 Å². The van der Waals surface area contributed by atoms with Crippen LogP contribution in [0.25, 0.3) is 5.57 Å². The van der Waals surface area contributed by atoms with Gasteiger partial charge in [-0.3, -0.25) is 14.2 Å². The van der Waals surface area contributed by atoms with E-state index >= 15 is 0 Å². The number of hydrogen-bond donors (Lipinski definition) is 0. The van der Waals surface area contributed by atoms with Crippen LogP contribution in [0.2, 0.25) is 0 Å². The summed E-state index contributed by atoms with van der Waals surface area (Å²) in [5, 5.41) is 0. The predicted molar refractivity (Wildman–Crippen MR) is 134 cm³/mol. The third kappa shape index (κ3) is 3.21. The first kappa shape index (κ1) is 21.1. The van der Waals surface area contributed by atoms with E-state index < -0.39 is 0 Å².